The average molecular weight is 320 g/mol. The highest BCUT2D eigenvalue weighted by atomic mass is 16.5. The third-order valence-corrected chi connectivity index (χ3v) is 4.07. The first-order chi connectivity index (χ1) is 11.6. The summed E-state index contributed by atoms with van der Waals surface area (Å²) in [6, 6.07) is 17.3. The monoisotopic (exact) mass is 320 g/mol. The number of ether oxygens (including phenoxy) is 1. The van der Waals surface area contributed by atoms with E-state index in [0.29, 0.717) is 12.1 Å². The molecule has 0 aliphatic carbocycles. The van der Waals surface area contributed by atoms with Gasteiger partial charge in [-0.15, -0.1) is 0 Å². The number of pyridine rings is 1. The van der Waals surface area contributed by atoms with Gasteiger partial charge in [-0.25, -0.2) is 0 Å². The van der Waals surface area contributed by atoms with Crippen LogP contribution in [0.5, 0.6) is 5.75 Å². The molecule has 0 radical (unpaired) electrons. The van der Waals surface area contributed by atoms with Gasteiger partial charge in [-0.1, -0.05) is 18.2 Å². The summed E-state index contributed by atoms with van der Waals surface area (Å²) in [5, 5.41) is 0.896. The number of anilines is 1. The molecular weight excluding hydrogens is 300 g/mol. The third-order valence-electron chi connectivity index (χ3n) is 4.07. The van der Waals surface area contributed by atoms with E-state index < -0.39 is 0 Å². The average Bonchev–Trinajstić information content (AvgIpc) is 2.62. The van der Waals surface area contributed by atoms with Crippen molar-refractivity contribution >= 4 is 22.5 Å². The Morgan fingerprint density at radius 3 is 2.54 bits per heavy atom. The van der Waals surface area contributed by atoms with Crippen LogP contribution < -0.4 is 9.64 Å². The molecule has 3 rings (SSSR count). The number of hydrogen-bond donors (Lipinski definition) is 0. The van der Waals surface area contributed by atoms with E-state index in [1.54, 1.807) is 12.0 Å². The predicted octanol–water partition coefficient (Wildman–Crippen LogP) is 4.22. The Labute approximate surface area is 141 Å². The van der Waals surface area contributed by atoms with Gasteiger partial charge in [-0.2, -0.15) is 0 Å². The Morgan fingerprint density at radius 1 is 1.12 bits per heavy atom. The van der Waals surface area contributed by atoms with Gasteiger partial charge >= 0.3 is 0 Å². The third kappa shape index (κ3) is 2.95. The minimum absolute atomic E-state index is 0.0431. The lowest BCUT2D eigenvalue weighted by Gasteiger charge is -2.22. The standard InChI is InChI=1S/C20H20N2O2/c1-4-22(16-8-6-5-7-9-16)20(23)18-13-15-12-17(24-3)10-11-19(15)21-14(18)2/h5-13H,4H2,1-3H3. The van der Waals surface area contributed by atoms with Crippen LogP contribution in [0.25, 0.3) is 10.9 Å². The zero-order chi connectivity index (χ0) is 17.1. The number of aromatic nitrogens is 1. The number of carbonyl (C=O) groups is 1. The van der Waals surface area contributed by atoms with E-state index in [-0.39, 0.29) is 5.91 Å². The van der Waals surface area contributed by atoms with Gasteiger partial charge in [-0.3, -0.25) is 9.78 Å². The maximum Gasteiger partial charge on any atom is 0.260 e. The van der Waals surface area contributed by atoms with Crippen molar-refractivity contribution in [1.29, 1.82) is 0 Å². The molecule has 0 fully saturated rings. The van der Waals surface area contributed by atoms with Crippen LogP contribution in [-0.4, -0.2) is 24.5 Å². The molecule has 0 aliphatic rings. The van der Waals surface area contributed by atoms with E-state index in [9.17, 15) is 4.79 Å². The molecule has 0 saturated heterocycles. The number of nitrogens with zero attached hydrogens (tertiary/aromatic N) is 2. The lowest BCUT2D eigenvalue weighted by Crippen LogP contribution is -2.31. The summed E-state index contributed by atoms with van der Waals surface area (Å²) in [5.74, 6) is 0.709. The number of aryl methyl sites for hydroxylation is 1. The topological polar surface area (TPSA) is 42.4 Å². The van der Waals surface area contributed by atoms with Crippen molar-refractivity contribution in [3.05, 3.63) is 65.9 Å². The summed E-state index contributed by atoms with van der Waals surface area (Å²) in [5.41, 5.74) is 3.08. The highest BCUT2D eigenvalue weighted by Gasteiger charge is 2.19. The molecule has 0 N–H and O–H groups in total. The van der Waals surface area contributed by atoms with Gasteiger partial charge in [0.05, 0.1) is 23.9 Å². The molecular formula is C20H20N2O2. The first-order valence-electron chi connectivity index (χ1n) is 7.96. The van der Waals surface area contributed by atoms with Gasteiger partial charge in [0.15, 0.2) is 0 Å². The minimum atomic E-state index is -0.0431. The second kappa shape index (κ2) is 6.71. The van der Waals surface area contributed by atoms with Crippen LogP contribution in [0.15, 0.2) is 54.6 Å². The molecule has 24 heavy (non-hydrogen) atoms. The van der Waals surface area contributed by atoms with Crippen LogP contribution in [0.2, 0.25) is 0 Å². The lowest BCUT2D eigenvalue weighted by atomic mass is 10.1. The molecule has 0 spiro atoms. The summed E-state index contributed by atoms with van der Waals surface area (Å²) in [7, 11) is 1.63. The molecule has 1 amide bonds. The molecule has 122 valence electrons. The van der Waals surface area contributed by atoms with Crippen LogP contribution in [0.3, 0.4) is 0 Å². The van der Waals surface area contributed by atoms with Crippen molar-refractivity contribution < 1.29 is 9.53 Å². The molecule has 0 saturated carbocycles. The first-order valence-corrected chi connectivity index (χ1v) is 7.96. The summed E-state index contributed by atoms with van der Waals surface area (Å²) in [6.45, 7) is 4.44. The van der Waals surface area contributed by atoms with Crippen LogP contribution in [-0.2, 0) is 0 Å². The molecule has 1 heterocycles. The Kier molecular flexibility index (Phi) is 4.47. The minimum Gasteiger partial charge on any atom is -0.497 e. The van der Waals surface area contributed by atoms with E-state index in [4.69, 9.17) is 4.74 Å². The van der Waals surface area contributed by atoms with Gasteiger partial charge in [0.1, 0.15) is 5.75 Å². The smallest absolute Gasteiger partial charge is 0.260 e. The van der Waals surface area contributed by atoms with Crippen LogP contribution in [0.4, 0.5) is 5.69 Å². The highest BCUT2D eigenvalue weighted by Crippen LogP contribution is 2.24. The van der Waals surface area contributed by atoms with E-state index in [2.05, 4.69) is 4.98 Å². The van der Waals surface area contributed by atoms with Gasteiger partial charge in [0, 0.05) is 17.6 Å². The van der Waals surface area contributed by atoms with E-state index in [1.807, 2.05) is 68.4 Å². The molecule has 0 aliphatic heterocycles. The Morgan fingerprint density at radius 2 is 1.88 bits per heavy atom. The second-order valence-electron chi connectivity index (χ2n) is 5.56. The van der Waals surface area contributed by atoms with Crippen LogP contribution >= 0.6 is 0 Å². The molecule has 0 atom stereocenters. The van der Waals surface area contributed by atoms with E-state index >= 15 is 0 Å². The number of benzene rings is 2. The fourth-order valence-electron chi connectivity index (χ4n) is 2.79. The van der Waals surface area contributed by atoms with Gasteiger partial charge in [0.2, 0.25) is 0 Å². The molecule has 4 nitrogen and oxygen atoms in total. The number of carbonyl (C=O) groups excluding carboxylic acids is 1. The molecule has 3 aromatic rings. The van der Waals surface area contributed by atoms with Crippen LogP contribution in [0.1, 0.15) is 23.0 Å². The van der Waals surface area contributed by atoms with Crippen molar-refractivity contribution in [1.82, 2.24) is 4.98 Å². The van der Waals surface area contributed by atoms with E-state index in [0.717, 1.165) is 28.0 Å². The first kappa shape index (κ1) is 16.0. The molecule has 0 unspecified atom stereocenters. The Hall–Kier alpha value is -2.88. The summed E-state index contributed by atoms with van der Waals surface area (Å²) >= 11 is 0. The Bertz CT molecular complexity index is 875. The quantitative estimate of drug-likeness (QED) is 0.723. The molecule has 2 aromatic carbocycles. The van der Waals surface area contributed by atoms with Crippen molar-refractivity contribution in [2.45, 2.75) is 13.8 Å². The zero-order valence-electron chi connectivity index (χ0n) is 14.1. The van der Waals surface area contributed by atoms with Gasteiger partial charge < -0.3 is 9.64 Å². The fraction of sp³-hybridized carbons (Fsp3) is 0.200. The SMILES string of the molecule is CCN(C(=O)c1cc2cc(OC)ccc2nc1C)c1ccccc1. The van der Waals surface area contributed by atoms with Crippen molar-refractivity contribution in [3.8, 4) is 5.75 Å². The number of hydrogen-bond acceptors (Lipinski definition) is 3. The maximum absolute atomic E-state index is 13.1. The summed E-state index contributed by atoms with van der Waals surface area (Å²) in [6.07, 6.45) is 0. The zero-order valence-corrected chi connectivity index (χ0v) is 14.1. The number of rotatable bonds is 4. The molecule has 0 bridgehead atoms. The number of amides is 1. The number of fused-ring (bicyclic) bond motifs is 1. The molecule has 1 aromatic heterocycles. The summed E-state index contributed by atoms with van der Waals surface area (Å²) in [4.78, 5) is 19.4. The summed E-state index contributed by atoms with van der Waals surface area (Å²) < 4.78 is 5.27. The maximum atomic E-state index is 13.1. The Balaban J connectivity index is 2.06. The van der Waals surface area contributed by atoms with Crippen LogP contribution in [0, 0.1) is 6.92 Å². The van der Waals surface area contributed by atoms with Crippen molar-refractivity contribution in [3.63, 3.8) is 0 Å². The van der Waals surface area contributed by atoms with Crippen molar-refractivity contribution in [2.24, 2.45) is 0 Å². The van der Waals surface area contributed by atoms with Gasteiger partial charge in [-0.05, 0) is 50.2 Å². The lowest BCUT2D eigenvalue weighted by molar-refractivity contribution is 0.0987. The molecule has 4 heteroatoms. The number of para-hydroxylation sites is 1. The fourth-order valence-corrected chi connectivity index (χ4v) is 2.79. The van der Waals surface area contributed by atoms with E-state index in [1.165, 1.54) is 0 Å². The predicted molar refractivity (Wildman–Crippen MR) is 96.8 cm³/mol. The largest absolute Gasteiger partial charge is 0.497 e. The normalized spacial score (nSPS) is 10.6. The van der Waals surface area contributed by atoms with Gasteiger partial charge in [0.25, 0.3) is 5.91 Å². The second-order valence-corrected chi connectivity index (χ2v) is 5.56. The van der Waals surface area contributed by atoms with Crippen molar-refractivity contribution in [2.75, 3.05) is 18.6 Å². The number of methoxy groups -OCH3 is 1. The highest BCUT2D eigenvalue weighted by molar-refractivity contribution is 6.08.